The first kappa shape index (κ1) is 15.4. The Kier molecular flexibility index (Phi) is 6.29. The normalized spacial score (nSPS) is 10.1. The molecular weight excluding hydrogens is 266 g/mol. The summed E-state index contributed by atoms with van der Waals surface area (Å²) >= 11 is 5.64. The molecule has 0 spiro atoms. The van der Waals surface area contributed by atoms with Crippen molar-refractivity contribution in [3.63, 3.8) is 0 Å². The Morgan fingerprint density at radius 2 is 2.00 bits per heavy atom. The Morgan fingerprint density at radius 1 is 1.32 bits per heavy atom. The third-order valence-corrected chi connectivity index (χ3v) is 2.95. The van der Waals surface area contributed by atoms with Crippen LogP contribution in [0.2, 0.25) is 5.15 Å². The molecule has 0 radical (unpaired) electrons. The fourth-order valence-corrected chi connectivity index (χ4v) is 1.74. The molecule has 1 heterocycles. The highest BCUT2D eigenvalue weighted by Crippen LogP contribution is 2.05. The number of hydrogen-bond acceptors (Lipinski definition) is 3. The maximum absolute atomic E-state index is 11.7. The Morgan fingerprint density at radius 3 is 2.53 bits per heavy atom. The molecule has 0 saturated heterocycles. The summed E-state index contributed by atoms with van der Waals surface area (Å²) < 4.78 is 0. The smallest absolute Gasteiger partial charge is 0.252 e. The lowest BCUT2D eigenvalue weighted by Gasteiger charge is -2.18. The number of amides is 2. The van der Waals surface area contributed by atoms with Crippen molar-refractivity contribution in [1.29, 1.82) is 0 Å². The van der Waals surface area contributed by atoms with Gasteiger partial charge in [0.15, 0.2) is 0 Å². The number of carbonyl (C=O) groups excluding carboxylic acids is 2. The number of nitrogens with zero attached hydrogens (tertiary/aromatic N) is 2. The maximum atomic E-state index is 11.7. The number of hydrogen-bond donors (Lipinski definition) is 1. The molecule has 19 heavy (non-hydrogen) atoms. The number of halogens is 1. The molecule has 0 aliphatic carbocycles. The van der Waals surface area contributed by atoms with Crippen molar-refractivity contribution in [3.05, 3.63) is 29.0 Å². The fraction of sp³-hybridized carbons (Fsp3) is 0.462. The zero-order valence-electron chi connectivity index (χ0n) is 11.1. The first-order valence-electron chi connectivity index (χ1n) is 6.26. The predicted octanol–water partition coefficient (Wildman–Crippen LogP) is 1.72. The van der Waals surface area contributed by atoms with Crippen molar-refractivity contribution < 1.29 is 9.59 Å². The molecule has 104 valence electrons. The average molecular weight is 284 g/mol. The maximum Gasteiger partial charge on any atom is 0.252 e. The molecule has 0 fully saturated rings. The molecule has 0 atom stereocenters. The van der Waals surface area contributed by atoms with Crippen LogP contribution in [-0.2, 0) is 4.79 Å². The summed E-state index contributed by atoms with van der Waals surface area (Å²) in [6.07, 6.45) is 1.71. The highest BCUT2D eigenvalue weighted by atomic mass is 35.5. The minimum Gasteiger partial charge on any atom is -0.351 e. The first-order valence-corrected chi connectivity index (χ1v) is 6.63. The lowest BCUT2D eigenvalue weighted by Crippen LogP contribution is -2.34. The molecule has 0 aliphatic heterocycles. The molecule has 2 amide bonds. The number of rotatable bonds is 6. The van der Waals surface area contributed by atoms with Gasteiger partial charge < -0.3 is 10.2 Å². The quantitative estimate of drug-likeness (QED) is 0.809. The van der Waals surface area contributed by atoms with E-state index in [4.69, 9.17) is 11.6 Å². The van der Waals surface area contributed by atoms with Crippen LogP contribution in [0, 0.1) is 0 Å². The van der Waals surface area contributed by atoms with Crippen LogP contribution < -0.4 is 5.32 Å². The Labute approximate surface area is 118 Å². The van der Waals surface area contributed by atoms with Gasteiger partial charge in [0.1, 0.15) is 5.15 Å². The highest BCUT2D eigenvalue weighted by Gasteiger charge is 2.10. The van der Waals surface area contributed by atoms with Crippen LogP contribution in [0.1, 0.15) is 30.6 Å². The van der Waals surface area contributed by atoms with Crippen molar-refractivity contribution in [3.8, 4) is 0 Å². The summed E-state index contributed by atoms with van der Waals surface area (Å²) in [5, 5.41) is 3.02. The average Bonchev–Trinajstić information content (AvgIpc) is 2.40. The van der Waals surface area contributed by atoms with Crippen LogP contribution in [-0.4, -0.2) is 41.3 Å². The van der Waals surface area contributed by atoms with Gasteiger partial charge in [-0.2, -0.15) is 0 Å². The minimum absolute atomic E-state index is 0.0412. The van der Waals surface area contributed by atoms with Crippen LogP contribution in [0.3, 0.4) is 0 Å². The summed E-state index contributed by atoms with van der Waals surface area (Å²) in [5.41, 5.74) is 0.430. The SMILES string of the molecule is CCN(CC)C(=O)CCNC(=O)c1ccc(Cl)nc1. The van der Waals surface area contributed by atoms with Crippen molar-refractivity contribution in [2.75, 3.05) is 19.6 Å². The molecule has 0 aliphatic rings. The topological polar surface area (TPSA) is 62.3 Å². The van der Waals surface area contributed by atoms with Gasteiger partial charge >= 0.3 is 0 Å². The largest absolute Gasteiger partial charge is 0.351 e. The lowest BCUT2D eigenvalue weighted by atomic mass is 10.2. The van der Waals surface area contributed by atoms with Crippen LogP contribution in [0.15, 0.2) is 18.3 Å². The van der Waals surface area contributed by atoms with Crippen LogP contribution in [0.5, 0.6) is 0 Å². The van der Waals surface area contributed by atoms with Gasteiger partial charge in [0.2, 0.25) is 5.91 Å². The zero-order chi connectivity index (χ0) is 14.3. The second-order valence-corrected chi connectivity index (χ2v) is 4.33. The molecule has 6 heteroatoms. The molecule has 0 aromatic carbocycles. The number of aromatic nitrogens is 1. The van der Waals surface area contributed by atoms with E-state index in [1.807, 2.05) is 13.8 Å². The van der Waals surface area contributed by atoms with Gasteiger partial charge in [-0.3, -0.25) is 9.59 Å². The van der Waals surface area contributed by atoms with E-state index in [1.165, 1.54) is 6.20 Å². The number of carbonyl (C=O) groups is 2. The Balaban J connectivity index is 2.39. The van der Waals surface area contributed by atoms with Gasteiger partial charge in [-0.05, 0) is 26.0 Å². The fourth-order valence-electron chi connectivity index (χ4n) is 1.63. The van der Waals surface area contributed by atoms with E-state index in [-0.39, 0.29) is 11.8 Å². The van der Waals surface area contributed by atoms with Crippen molar-refractivity contribution in [2.45, 2.75) is 20.3 Å². The molecule has 0 saturated carbocycles. The molecule has 1 aromatic heterocycles. The number of nitrogens with one attached hydrogen (secondary N) is 1. The van der Waals surface area contributed by atoms with Gasteiger partial charge in [0, 0.05) is 32.3 Å². The van der Waals surface area contributed by atoms with Crippen LogP contribution in [0.25, 0.3) is 0 Å². The molecule has 1 aromatic rings. The molecule has 0 bridgehead atoms. The van der Waals surface area contributed by atoms with Gasteiger partial charge in [-0.15, -0.1) is 0 Å². The summed E-state index contributed by atoms with van der Waals surface area (Å²) in [6, 6.07) is 3.15. The summed E-state index contributed by atoms with van der Waals surface area (Å²) in [7, 11) is 0. The van der Waals surface area contributed by atoms with Crippen molar-refractivity contribution >= 4 is 23.4 Å². The summed E-state index contributed by atoms with van der Waals surface area (Å²) in [6.45, 7) is 5.55. The van der Waals surface area contributed by atoms with Gasteiger partial charge in [0.25, 0.3) is 5.91 Å². The third-order valence-electron chi connectivity index (χ3n) is 2.73. The highest BCUT2D eigenvalue weighted by molar-refractivity contribution is 6.29. The van der Waals surface area contributed by atoms with Crippen molar-refractivity contribution in [2.24, 2.45) is 0 Å². The van der Waals surface area contributed by atoms with Crippen molar-refractivity contribution in [1.82, 2.24) is 15.2 Å². The second kappa shape index (κ2) is 7.74. The first-order chi connectivity index (χ1) is 9.08. The molecular formula is C13H18ClN3O2. The Bertz CT molecular complexity index is 430. The summed E-state index contributed by atoms with van der Waals surface area (Å²) in [5.74, 6) is -0.212. The van der Waals surface area contributed by atoms with E-state index in [9.17, 15) is 9.59 Å². The van der Waals surface area contributed by atoms with E-state index in [1.54, 1.807) is 17.0 Å². The van der Waals surface area contributed by atoms with E-state index in [0.29, 0.717) is 36.8 Å². The van der Waals surface area contributed by atoms with E-state index in [2.05, 4.69) is 10.3 Å². The van der Waals surface area contributed by atoms with Gasteiger partial charge in [-0.1, -0.05) is 11.6 Å². The van der Waals surface area contributed by atoms with Crippen LogP contribution >= 0.6 is 11.6 Å². The van der Waals surface area contributed by atoms with E-state index >= 15 is 0 Å². The Hall–Kier alpha value is -1.62. The number of pyridine rings is 1. The standard InChI is InChI=1S/C13H18ClN3O2/c1-3-17(4-2)12(18)7-8-15-13(19)10-5-6-11(14)16-9-10/h5-6,9H,3-4,7-8H2,1-2H3,(H,15,19). The van der Waals surface area contributed by atoms with Gasteiger partial charge in [0.05, 0.1) is 5.56 Å². The monoisotopic (exact) mass is 283 g/mol. The lowest BCUT2D eigenvalue weighted by molar-refractivity contribution is -0.130. The van der Waals surface area contributed by atoms with Gasteiger partial charge in [-0.25, -0.2) is 4.98 Å². The predicted molar refractivity (Wildman–Crippen MR) is 74.1 cm³/mol. The molecule has 5 nitrogen and oxygen atoms in total. The molecule has 1 N–H and O–H groups in total. The molecule has 0 unspecified atom stereocenters. The second-order valence-electron chi connectivity index (χ2n) is 3.94. The van der Waals surface area contributed by atoms with Crippen LogP contribution in [0.4, 0.5) is 0 Å². The molecule has 1 rings (SSSR count). The third kappa shape index (κ3) is 4.87. The van der Waals surface area contributed by atoms with E-state index in [0.717, 1.165) is 0 Å². The zero-order valence-corrected chi connectivity index (χ0v) is 11.9. The van der Waals surface area contributed by atoms with E-state index < -0.39 is 0 Å². The minimum atomic E-state index is -0.253. The summed E-state index contributed by atoms with van der Waals surface area (Å²) in [4.78, 5) is 29.0.